The lowest BCUT2D eigenvalue weighted by Crippen LogP contribution is -1.99. The third-order valence-electron chi connectivity index (χ3n) is 4.36. The predicted octanol–water partition coefficient (Wildman–Crippen LogP) is 6.23. The molecule has 146 valence electrons. The van der Waals surface area contributed by atoms with Crippen LogP contribution < -0.4 is 4.74 Å². The Kier molecular flexibility index (Phi) is 5.97. The Labute approximate surface area is 159 Å². The predicted molar refractivity (Wildman–Crippen MR) is 96.7 cm³/mol. The molecule has 0 unspecified atom stereocenters. The van der Waals surface area contributed by atoms with E-state index in [4.69, 9.17) is 4.74 Å². The summed E-state index contributed by atoms with van der Waals surface area (Å²) < 4.78 is 72.9. The number of aryl methyl sites for hydroxylation is 2. The molecule has 0 N–H and O–H groups in total. The topological polar surface area (TPSA) is 9.23 Å². The molecule has 0 radical (unpaired) electrons. The second-order valence-corrected chi connectivity index (χ2v) is 6.24. The highest BCUT2D eigenvalue weighted by Crippen LogP contribution is 2.30. The van der Waals surface area contributed by atoms with Crippen LogP contribution in [0.2, 0.25) is 0 Å². The molecule has 0 bridgehead atoms. The maximum absolute atomic E-state index is 14.3. The summed E-state index contributed by atoms with van der Waals surface area (Å²) in [5, 5.41) is 0. The van der Waals surface area contributed by atoms with E-state index in [1.807, 2.05) is 0 Å². The zero-order valence-corrected chi connectivity index (χ0v) is 15.0. The molecule has 3 rings (SSSR count). The van der Waals surface area contributed by atoms with E-state index in [1.54, 1.807) is 31.2 Å². The fourth-order valence-electron chi connectivity index (χ4n) is 2.91. The molecule has 28 heavy (non-hydrogen) atoms. The van der Waals surface area contributed by atoms with Gasteiger partial charge in [0, 0.05) is 5.56 Å². The van der Waals surface area contributed by atoms with Crippen LogP contribution in [0.1, 0.15) is 18.1 Å². The van der Waals surface area contributed by atoms with E-state index in [2.05, 4.69) is 0 Å². The molecule has 3 aromatic carbocycles. The minimum Gasteiger partial charge on any atom is -0.491 e. The Hall–Kier alpha value is -2.89. The molecular weight excluding hydrogens is 375 g/mol. The summed E-state index contributed by atoms with van der Waals surface area (Å²) in [6.07, 6.45) is 0.754. The SMILES string of the molecule is CCOc1ccc(-c2ccc(CCc3cc(F)c(F)c(F)c3)cc2)c(F)c1F. The lowest BCUT2D eigenvalue weighted by atomic mass is 9.99. The first-order valence-corrected chi connectivity index (χ1v) is 8.74. The molecule has 0 atom stereocenters. The summed E-state index contributed by atoms with van der Waals surface area (Å²) >= 11 is 0. The van der Waals surface area contributed by atoms with Crippen LogP contribution in [0.4, 0.5) is 22.0 Å². The minimum atomic E-state index is -1.49. The molecule has 1 nitrogen and oxygen atoms in total. The van der Waals surface area contributed by atoms with E-state index in [1.165, 1.54) is 12.1 Å². The van der Waals surface area contributed by atoms with Gasteiger partial charge in [0.1, 0.15) is 0 Å². The molecule has 0 aliphatic carbocycles. The van der Waals surface area contributed by atoms with Crippen molar-refractivity contribution in [1.29, 1.82) is 0 Å². The maximum Gasteiger partial charge on any atom is 0.201 e. The Morgan fingerprint density at radius 3 is 1.89 bits per heavy atom. The highest BCUT2D eigenvalue weighted by atomic mass is 19.2. The molecule has 0 saturated carbocycles. The number of benzene rings is 3. The second kappa shape index (κ2) is 8.42. The highest BCUT2D eigenvalue weighted by molar-refractivity contribution is 5.65. The van der Waals surface area contributed by atoms with Gasteiger partial charge in [0.2, 0.25) is 5.82 Å². The average molecular weight is 392 g/mol. The van der Waals surface area contributed by atoms with Gasteiger partial charge in [-0.1, -0.05) is 24.3 Å². The van der Waals surface area contributed by atoms with E-state index in [0.29, 0.717) is 24.0 Å². The third-order valence-corrected chi connectivity index (χ3v) is 4.36. The Balaban J connectivity index is 1.74. The van der Waals surface area contributed by atoms with E-state index in [9.17, 15) is 22.0 Å². The largest absolute Gasteiger partial charge is 0.491 e. The van der Waals surface area contributed by atoms with Gasteiger partial charge < -0.3 is 4.74 Å². The van der Waals surface area contributed by atoms with Gasteiger partial charge in [-0.25, -0.2) is 17.6 Å². The van der Waals surface area contributed by atoms with Gasteiger partial charge in [-0.15, -0.1) is 0 Å². The molecular formula is C22H17F5O. The van der Waals surface area contributed by atoms with Crippen molar-refractivity contribution in [2.24, 2.45) is 0 Å². The van der Waals surface area contributed by atoms with Crippen molar-refractivity contribution in [3.05, 3.63) is 88.7 Å². The van der Waals surface area contributed by atoms with Crippen molar-refractivity contribution in [3.8, 4) is 16.9 Å². The first kappa shape index (κ1) is 19.9. The molecule has 0 heterocycles. The fraction of sp³-hybridized carbons (Fsp3) is 0.182. The van der Waals surface area contributed by atoms with Crippen molar-refractivity contribution >= 4 is 0 Å². The Morgan fingerprint density at radius 2 is 1.29 bits per heavy atom. The van der Waals surface area contributed by atoms with Crippen LogP contribution in [0.3, 0.4) is 0 Å². The zero-order chi connectivity index (χ0) is 20.3. The maximum atomic E-state index is 14.3. The van der Waals surface area contributed by atoms with Crippen LogP contribution in [0.5, 0.6) is 5.75 Å². The average Bonchev–Trinajstić information content (AvgIpc) is 2.69. The van der Waals surface area contributed by atoms with Gasteiger partial charge >= 0.3 is 0 Å². The molecule has 0 amide bonds. The third kappa shape index (κ3) is 4.16. The Morgan fingerprint density at radius 1 is 0.679 bits per heavy atom. The molecule has 6 heteroatoms. The molecule has 0 aromatic heterocycles. The highest BCUT2D eigenvalue weighted by Gasteiger charge is 2.15. The van der Waals surface area contributed by atoms with Crippen molar-refractivity contribution in [2.75, 3.05) is 6.61 Å². The summed E-state index contributed by atoms with van der Waals surface area (Å²) in [5.74, 6) is -6.10. The molecule has 0 aliphatic rings. The number of halogens is 5. The minimum absolute atomic E-state index is 0.107. The number of hydrogen-bond acceptors (Lipinski definition) is 1. The number of ether oxygens (including phenoxy) is 1. The summed E-state index contributed by atoms with van der Waals surface area (Å²) in [6.45, 7) is 1.91. The van der Waals surface area contributed by atoms with Crippen LogP contribution in [-0.4, -0.2) is 6.61 Å². The van der Waals surface area contributed by atoms with Crippen molar-refractivity contribution < 1.29 is 26.7 Å². The molecule has 3 aromatic rings. The van der Waals surface area contributed by atoms with Crippen molar-refractivity contribution in [2.45, 2.75) is 19.8 Å². The number of hydrogen-bond donors (Lipinski definition) is 0. The van der Waals surface area contributed by atoms with Crippen LogP contribution >= 0.6 is 0 Å². The first-order valence-electron chi connectivity index (χ1n) is 8.74. The van der Waals surface area contributed by atoms with Gasteiger partial charge in [-0.3, -0.25) is 0 Å². The van der Waals surface area contributed by atoms with Gasteiger partial charge in [-0.05, 0) is 60.7 Å². The molecule has 0 spiro atoms. The second-order valence-electron chi connectivity index (χ2n) is 6.24. The van der Waals surface area contributed by atoms with Gasteiger partial charge in [0.05, 0.1) is 6.61 Å². The van der Waals surface area contributed by atoms with Gasteiger partial charge in [0.15, 0.2) is 29.0 Å². The summed E-state index contributed by atoms with van der Waals surface area (Å²) in [7, 11) is 0. The fourth-order valence-corrected chi connectivity index (χ4v) is 2.91. The van der Waals surface area contributed by atoms with Crippen LogP contribution in [0, 0.1) is 29.1 Å². The van der Waals surface area contributed by atoms with Crippen LogP contribution in [-0.2, 0) is 12.8 Å². The van der Waals surface area contributed by atoms with Gasteiger partial charge in [-0.2, -0.15) is 4.39 Å². The summed E-state index contributed by atoms with van der Waals surface area (Å²) in [6, 6.07) is 11.5. The van der Waals surface area contributed by atoms with Gasteiger partial charge in [0.25, 0.3) is 0 Å². The standard InChI is InChI=1S/C22H17F5O/c1-2-28-19-10-9-16(20(25)22(19)27)15-7-5-13(6-8-15)3-4-14-11-17(23)21(26)18(24)12-14/h5-12H,2-4H2,1H3. The van der Waals surface area contributed by atoms with Crippen LogP contribution in [0.25, 0.3) is 11.1 Å². The molecule has 0 aliphatic heterocycles. The number of rotatable bonds is 6. The Bertz CT molecular complexity index is 960. The summed E-state index contributed by atoms with van der Waals surface area (Å²) in [5.41, 5.74) is 1.76. The van der Waals surface area contributed by atoms with Crippen LogP contribution in [0.15, 0.2) is 48.5 Å². The van der Waals surface area contributed by atoms with E-state index < -0.39 is 29.1 Å². The first-order chi connectivity index (χ1) is 13.4. The van der Waals surface area contributed by atoms with Crippen molar-refractivity contribution in [1.82, 2.24) is 0 Å². The lowest BCUT2D eigenvalue weighted by molar-refractivity contribution is 0.314. The smallest absolute Gasteiger partial charge is 0.201 e. The molecule has 0 saturated heterocycles. The quantitative estimate of drug-likeness (QED) is 0.357. The van der Waals surface area contributed by atoms with E-state index in [0.717, 1.165) is 17.7 Å². The normalized spacial score (nSPS) is 10.9. The summed E-state index contributed by atoms with van der Waals surface area (Å²) in [4.78, 5) is 0. The zero-order valence-electron chi connectivity index (χ0n) is 15.0. The monoisotopic (exact) mass is 392 g/mol. The lowest BCUT2D eigenvalue weighted by Gasteiger charge is -2.10. The van der Waals surface area contributed by atoms with E-state index in [-0.39, 0.29) is 17.9 Å². The van der Waals surface area contributed by atoms with Crippen molar-refractivity contribution in [3.63, 3.8) is 0 Å². The molecule has 0 fully saturated rings. The van der Waals surface area contributed by atoms with E-state index >= 15 is 0 Å².